The van der Waals surface area contributed by atoms with Gasteiger partial charge in [-0.2, -0.15) is 5.10 Å². The van der Waals surface area contributed by atoms with E-state index in [1.54, 1.807) is 0 Å². The van der Waals surface area contributed by atoms with E-state index in [1.807, 2.05) is 0 Å². The fourth-order valence-corrected chi connectivity index (χ4v) is 3.19. The molecule has 0 amide bonds. The van der Waals surface area contributed by atoms with Crippen molar-refractivity contribution in [3.63, 3.8) is 0 Å². The molecule has 0 spiro atoms. The van der Waals surface area contributed by atoms with Gasteiger partial charge in [0.2, 0.25) is 0 Å². The molecule has 0 aliphatic carbocycles. The van der Waals surface area contributed by atoms with E-state index >= 15 is 0 Å². The summed E-state index contributed by atoms with van der Waals surface area (Å²) in [6, 6.07) is 8.40. The van der Waals surface area contributed by atoms with Gasteiger partial charge in [0.15, 0.2) is 0 Å². The molecule has 0 bridgehead atoms. The standard InChI is InChI=1S/C16H23N3O/c1-3-19-15-7-5-4-6-12(15)14(18-19)10-13(17)16-11(2)8-9-20-16/h4-7,11,13,16H,3,8-10,17H2,1-2H3. The average Bonchev–Trinajstić information content (AvgIpc) is 3.03. The molecular weight excluding hydrogens is 250 g/mol. The summed E-state index contributed by atoms with van der Waals surface area (Å²) in [7, 11) is 0. The van der Waals surface area contributed by atoms with E-state index in [0.29, 0.717) is 5.92 Å². The third-order valence-corrected chi connectivity index (χ3v) is 4.33. The Morgan fingerprint density at radius 3 is 2.95 bits per heavy atom. The van der Waals surface area contributed by atoms with Crippen LogP contribution in [0.15, 0.2) is 24.3 Å². The number of rotatable bonds is 4. The number of nitrogens with two attached hydrogens (primary N) is 1. The largest absolute Gasteiger partial charge is 0.376 e. The van der Waals surface area contributed by atoms with Gasteiger partial charge >= 0.3 is 0 Å². The zero-order valence-corrected chi connectivity index (χ0v) is 12.2. The number of benzene rings is 1. The summed E-state index contributed by atoms with van der Waals surface area (Å²) in [5, 5.41) is 5.94. The number of aryl methyl sites for hydroxylation is 1. The van der Waals surface area contributed by atoms with E-state index < -0.39 is 0 Å². The van der Waals surface area contributed by atoms with E-state index in [-0.39, 0.29) is 12.1 Å². The molecule has 108 valence electrons. The van der Waals surface area contributed by atoms with E-state index in [1.165, 1.54) is 10.9 Å². The molecule has 1 aliphatic heterocycles. The van der Waals surface area contributed by atoms with Crippen molar-refractivity contribution in [1.29, 1.82) is 0 Å². The van der Waals surface area contributed by atoms with Gasteiger partial charge in [-0.1, -0.05) is 25.1 Å². The highest BCUT2D eigenvalue weighted by Gasteiger charge is 2.30. The van der Waals surface area contributed by atoms with Gasteiger partial charge < -0.3 is 10.5 Å². The minimum Gasteiger partial charge on any atom is -0.376 e. The summed E-state index contributed by atoms with van der Waals surface area (Å²) in [6.45, 7) is 6.06. The molecule has 0 saturated carbocycles. The van der Waals surface area contributed by atoms with Gasteiger partial charge in [0.25, 0.3) is 0 Å². The Balaban J connectivity index is 1.87. The Morgan fingerprint density at radius 1 is 1.45 bits per heavy atom. The van der Waals surface area contributed by atoms with Gasteiger partial charge in [0.1, 0.15) is 0 Å². The number of nitrogens with zero attached hydrogens (tertiary/aromatic N) is 2. The molecule has 3 atom stereocenters. The Kier molecular flexibility index (Phi) is 3.76. The second-order valence-electron chi connectivity index (χ2n) is 5.75. The lowest BCUT2D eigenvalue weighted by molar-refractivity contribution is 0.0724. The summed E-state index contributed by atoms with van der Waals surface area (Å²) >= 11 is 0. The Labute approximate surface area is 119 Å². The molecule has 20 heavy (non-hydrogen) atoms. The van der Waals surface area contributed by atoms with Crippen LogP contribution >= 0.6 is 0 Å². The molecule has 4 heteroatoms. The van der Waals surface area contributed by atoms with Crippen molar-refractivity contribution in [2.75, 3.05) is 6.61 Å². The van der Waals surface area contributed by atoms with Gasteiger partial charge in [-0.3, -0.25) is 4.68 Å². The molecule has 4 nitrogen and oxygen atoms in total. The predicted molar refractivity (Wildman–Crippen MR) is 80.6 cm³/mol. The van der Waals surface area contributed by atoms with Crippen LogP contribution in [0.5, 0.6) is 0 Å². The summed E-state index contributed by atoms with van der Waals surface area (Å²) in [5.74, 6) is 0.546. The van der Waals surface area contributed by atoms with Gasteiger partial charge in [0.05, 0.1) is 17.3 Å². The zero-order chi connectivity index (χ0) is 14.1. The number of hydrogen-bond acceptors (Lipinski definition) is 3. The molecule has 2 N–H and O–H groups in total. The van der Waals surface area contributed by atoms with E-state index in [0.717, 1.165) is 31.7 Å². The monoisotopic (exact) mass is 273 g/mol. The summed E-state index contributed by atoms with van der Waals surface area (Å²) in [6.07, 6.45) is 2.06. The van der Waals surface area contributed by atoms with Crippen molar-refractivity contribution in [2.45, 2.75) is 45.4 Å². The fraction of sp³-hybridized carbons (Fsp3) is 0.562. The van der Waals surface area contributed by atoms with E-state index in [9.17, 15) is 0 Å². The van der Waals surface area contributed by atoms with E-state index in [4.69, 9.17) is 15.6 Å². The van der Waals surface area contributed by atoms with Gasteiger partial charge in [-0.25, -0.2) is 0 Å². The first kappa shape index (κ1) is 13.6. The number of fused-ring (bicyclic) bond motifs is 1. The summed E-state index contributed by atoms with van der Waals surface area (Å²) in [5.41, 5.74) is 8.66. The van der Waals surface area contributed by atoms with Crippen LogP contribution < -0.4 is 5.73 Å². The van der Waals surface area contributed by atoms with Crippen LogP contribution in [0.4, 0.5) is 0 Å². The fourth-order valence-electron chi connectivity index (χ4n) is 3.19. The number of aromatic nitrogens is 2. The van der Waals surface area contributed by atoms with Gasteiger partial charge in [0, 0.05) is 31.0 Å². The lowest BCUT2D eigenvalue weighted by Gasteiger charge is -2.21. The Bertz CT molecular complexity index is 592. The Morgan fingerprint density at radius 2 is 2.25 bits per heavy atom. The molecule has 2 heterocycles. The highest BCUT2D eigenvalue weighted by atomic mass is 16.5. The topological polar surface area (TPSA) is 53.1 Å². The molecule has 3 rings (SSSR count). The average molecular weight is 273 g/mol. The number of ether oxygens (including phenoxy) is 1. The molecule has 0 radical (unpaired) electrons. The lowest BCUT2D eigenvalue weighted by Crippen LogP contribution is -2.39. The van der Waals surface area contributed by atoms with Crippen molar-refractivity contribution >= 4 is 10.9 Å². The lowest BCUT2D eigenvalue weighted by atomic mass is 9.94. The molecule has 3 unspecified atom stereocenters. The van der Waals surface area contributed by atoms with Crippen molar-refractivity contribution in [2.24, 2.45) is 11.7 Å². The SMILES string of the molecule is CCn1nc(CC(N)C2OCCC2C)c2ccccc21. The van der Waals surface area contributed by atoms with Crippen LogP contribution in [0, 0.1) is 5.92 Å². The van der Waals surface area contributed by atoms with Crippen LogP contribution in [0.1, 0.15) is 26.0 Å². The smallest absolute Gasteiger partial charge is 0.0756 e. The summed E-state index contributed by atoms with van der Waals surface area (Å²) < 4.78 is 7.84. The third-order valence-electron chi connectivity index (χ3n) is 4.33. The minimum atomic E-state index is 0.0242. The van der Waals surface area contributed by atoms with Crippen LogP contribution in [-0.2, 0) is 17.7 Å². The molecule has 1 aromatic heterocycles. The maximum Gasteiger partial charge on any atom is 0.0756 e. The molecule has 2 aromatic rings. The number of para-hydroxylation sites is 1. The molecule has 1 aromatic carbocycles. The third kappa shape index (κ3) is 2.34. The van der Waals surface area contributed by atoms with Gasteiger partial charge in [-0.15, -0.1) is 0 Å². The van der Waals surface area contributed by atoms with Crippen LogP contribution in [0.2, 0.25) is 0 Å². The predicted octanol–water partition coefficient (Wildman–Crippen LogP) is 2.35. The van der Waals surface area contributed by atoms with Crippen LogP contribution in [0.25, 0.3) is 10.9 Å². The van der Waals surface area contributed by atoms with Crippen molar-refractivity contribution in [3.05, 3.63) is 30.0 Å². The maximum atomic E-state index is 6.37. The first-order valence-corrected chi connectivity index (χ1v) is 7.52. The second kappa shape index (κ2) is 5.54. The van der Waals surface area contributed by atoms with Gasteiger partial charge in [-0.05, 0) is 25.3 Å². The first-order chi connectivity index (χ1) is 9.70. The van der Waals surface area contributed by atoms with Crippen LogP contribution in [0.3, 0.4) is 0 Å². The van der Waals surface area contributed by atoms with E-state index in [2.05, 4.69) is 42.8 Å². The Hall–Kier alpha value is -1.39. The zero-order valence-electron chi connectivity index (χ0n) is 12.2. The van der Waals surface area contributed by atoms with Crippen molar-refractivity contribution in [3.8, 4) is 0 Å². The van der Waals surface area contributed by atoms with Crippen molar-refractivity contribution in [1.82, 2.24) is 9.78 Å². The summed E-state index contributed by atoms with van der Waals surface area (Å²) in [4.78, 5) is 0. The second-order valence-corrected chi connectivity index (χ2v) is 5.75. The molecular formula is C16H23N3O. The quantitative estimate of drug-likeness (QED) is 0.930. The normalized spacial score (nSPS) is 24.4. The molecule has 1 aliphatic rings. The minimum absolute atomic E-state index is 0.0242. The highest BCUT2D eigenvalue weighted by molar-refractivity contribution is 5.82. The molecule has 1 saturated heterocycles. The maximum absolute atomic E-state index is 6.37. The highest BCUT2D eigenvalue weighted by Crippen LogP contribution is 2.25. The molecule has 1 fully saturated rings. The first-order valence-electron chi connectivity index (χ1n) is 7.52. The number of hydrogen-bond donors (Lipinski definition) is 1. The van der Waals surface area contributed by atoms with Crippen LogP contribution in [-0.4, -0.2) is 28.5 Å². The van der Waals surface area contributed by atoms with Crippen molar-refractivity contribution < 1.29 is 4.74 Å².